The van der Waals surface area contributed by atoms with Crippen molar-refractivity contribution in [3.63, 3.8) is 0 Å². The number of hydrogen-bond acceptors (Lipinski definition) is 3. The van der Waals surface area contributed by atoms with Crippen molar-refractivity contribution in [1.29, 1.82) is 0 Å². The Kier molecular flexibility index (Phi) is 3.19. The predicted molar refractivity (Wildman–Crippen MR) is 59.9 cm³/mol. The molecule has 4 heteroatoms. The molecule has 2 rings (SSSR count). The van der Waals surface area contributed by atoms with Gasteiger partial charge in [0, 0.05) is 12.7 Å². The standard InChI is InChI=1S/C12H16N2O2/c15-11(16)12(6-2-3-7-12)14-9-10-5-1-4-8-13-10/h1,4-5,8,14H,2-3,6-7,9H2,(H,15,16). The fourth-order valence-electron chi connectivity index (χ4n) is 2.21. The van der Waals surface area contributed by atoms with Gasteiger partial charge in [0.1, 0.15) is 5.54 Å². The molecule has 1 saturated carbocycles. The highest BCUT2D eigenvalue weighted by Gasteiger charge is 2.40. The molecule has 2 N–H and O–H groups in total. The van der Waals surface area contributed by atoms with Crippen LogP contribution in [0.25, 0.3) is 0 Å². The lowest BCUT2D eigenvalue weighted by molar-refractivity contribution is -0.144. The van der Waals surface area contributed by atoms with Crippen LogP contribution in [0.15, 0.2) is 24.4 Å². The number of hydrogen-bond donors (Lipinski definition) is 2. The minimum Gasteiger partial charge on any atom is -0.480 e. The summed E-state index contributed by atoms with van der Waals surface area (Å²) in [4.78, 5) is 15.4. The van der Waals surface area contributed by atoms with Gasteiger partial charge < -0.3 is 5.11 Å². The van der Waals surface area contributed by atoms with Crippen LogP contribution in [0.2, 0.25) is 0 Å². The molecule has 1 heterocycles. The number of nitrogens with one attached hydrogen (secondary N) is 1. The van der Waals surface area contributed by atoms with Crippen molar-refractivity contribution in [3.8, 4) is 0 Å². The van der Waals surface area contributed by atoms with E-state index in [0.717, 1.165) is 31.4 Å². The van der Waals surface area contributed by atoms with Crippen molar-refractivity contribution in [3.05, 3.63) is 30.1 Å². The van der Waals surface area contributed by atoms with E-state index in [9.17, 15) is 9.90 Å². The molecule has 0 aromatic carbocycles. The van der Waals surface area contributed by atoms with Gasteiger partial charge in [0.05, 0.1) is 5.69 Å². The monoisotopic (exact) mass is 220 g/mol. The van der Waals surface area contributed by atoms with Crippen molar-refractivity contribution in [2.24, 2.45) is 0 Å². The van der Waals surface area contributed by atoms with Gasteiger partial charge in [-0.05, 0) is 25.0 Å². The molecule has 1 aromatic rings. The van der Waals surface area contributed by atoms with Crippen LogP contribution >= 0.6 is 0 Å². The Morgan fingerprint density at radius 3 is 2.75 bits per heavy atom. The van der Waals surface area contributed by atoms with Crippen LogP contribution in [0.5, 0.6) is 0 Å². The Morgan fingerprint density at radius 1 is 1.44 bits per heavy atom. The van der Waals surface area contributed by atoms with E-state index in [-0.39, 0.29) is 0 Å². The summed E-state index contributed by atoms with van der Waals surface area (Å²) >= 11 is 0. The number of aromatic nitrogens is 1. The highest BCUT2D eigenvalue weighted by Crippen LogP contribution is 2.30. The predicted octanol–water partition coefficient (Wildman–Crippen LogP) is 1.57. The van der Waals surface area contributed by atoms with E-state index in [4.69, 9.17) is 0 Å². The Bertz CT molecular complexity index is 359. The number of carboxylic acids is 1. The maximum Gasteiger partial charge on any atom is 0.323 e. The van der Waals surface area contributed by atoms with Crippen LogP contribution in [0, 0.1) is 0 Å². The lowest BCUT2D eigenvalue weighted by Crippen LogP contribution is -2.49. The summed E-state index contributed by atoms with van der Waals surface area (Å²) in [5.74, 6) is -0.735. The highest BCUT2D eigenvalue weighted by atomic mass is 16.4. The molecule has 0 aliphatic heterocycles. The number of aliphatic carboxylic acids is 1. The first-order chi connectivity index (χ1) is 7.73. The van der Waals surface area contributed by atoms with Crippen LogP contribution in [-0.4, -0.2) is 21.6 Å². The van der Waals surface area contributed by atoms with Crippen LogP contribution < -0.4 is 5.32 Å². The lowest BCUT2D eigenvalue weighted by Gasteiger charge is -2.25. The molecular weight excluding hydrogens is 204 g/mol. The zero-order valence-corrected chi connectivity index (χ0v) is 9.15. The lowest BCUT2D eigenvalue weighted by atomic mass is 9.98. The van der Waals surface area contributed by atoms with E-state index in [1.807, 2.05) is 18.2 Å². The molecule has 1 aliphatic carbocycles. The topological polar surface area (TPSA) is 62.2 Å². The third-order valence-electron chi connectivity index (χ3n) is 3.20. The highest BCUT2D eigenvalue weighted by molar-refractivity contribution is 5.79. The summed E-state index contributed by atoms with van der Waals surface area (Å²) in [5, 5.41) is 12.4. The summed E-state index contributed by atoms with van der Waals surface area (Å²) in [5.41, 5.74) is 0.160. The van der Waals surface area contributed by atoms with Gasteiger partial charge >= 0.3 is 5.97 Å². The van der Waals surface area contributed by atoms with Gasteiger partial charge in [-0.2, -0.15) is 0 Å². The Hall–Kier alpha value is -1.42. The van der Waals surface area contributed by atoms with Crippen molar-refractivity contribution in [1.82, 2.24) is 10.3 Å². The molecule has 0 spiro atoms. The molecule has 4 nitrogen and oxygen atoms in total. The molecule has 0 atom stereocenters. The van der Waals surface area contributed by atoms with Gasteiger partial charge in [0.2, 0.25) is 0 Å². The number of nitrogens with zero attached hydrogens (tertiary/aromatic N) is 1. The van der Waals surface area contributed by atoms with E-state index >= 15 is 0 Å². The van der Waals surface area contributed by atoms with Crippen LogP contribution in [0.3, 0.4) is 0 Å². The van der Waals surface area contributed by atoms with E-state index in [1.165, 1.54) is 0 Å². The third-order valence-corrected chi connectivity index (χ3v) is 3.20. The first kappa shape index (κ1) is 11.1. The van der Waals surface area contributed by atoms with Gasteiger partial charge in [-0.3, -0.25) is 15.1 Å². The quantitative estimate of drug-likeness (QED) is 0.808. The molecule has 0 radical (unpaired) electrons. The number of carbonyl (C=O) groups is 1. The van der Waals surface area contributed by atoms with Gasteiger partial charge in [0.25, 0.3) is 0 Å². The zero-order chi connectivity index (χ0) is 11.4. The Labute approximate surface area is 94.7 Å². The minimum atomic E-state index is -0.735. The number of rotatable bonds is 4. The van der Waals surface area contributed by atoms with Crippen LogP contribution in [-0.2, 0) is 11.3 Å². The van der Waals surface area contributed by atoms with Gasteiger partial charge in [-0.25, -0.2) is 0 Å². The van der Waals surface area contributed by atoms with E-state index in [0.29, 0.717) is 6.54 Å². The second-order valence-electron chi connectivity index (χ2n) is 4.27. The number of carboxylic acid groups (broad SMARTS) is 1. The minimum absolute atomic E-state index is 0.521. The molecule has 1 aromatic heterocycles. The molecule has 1 fully saturated rings. The van der Waals surface area contributed by atoms with Gasteiger partial charge in [-0.15, -0.1) is 0 Å². The first-order valence-corrected chi connectivity index (χ1v) is 5.61. The molecular formula is C12H16N2O2. The largest absolute Gasteiger partial charge is 0.480 e. The first-order valence-electron chi connectivity index (χ1n) is 5.61. The summed E-state index contributed by atoms with van der Waals surface area (Å²) in [7, 11) is 0. The average molecular weight is 220 g/mol. The van der Waals surface area contributed by atoms with Crippen molar-refractivity contribution < 1.29 is 9.90 Å². The smallest absolute Gasteiger partial charge is 0.323 e. The fourth-order valence-corrected chi connectivity index (χ4v) is 2.21. The molecule has 0 amide bonds. The molecule has 1 aliphatic rings. The normalized spacial score (nSPS) is 18.5. The maximum absolute atomic E-state index is 11.3. The second kappa shape index (κ2) is 4.61. The number of pyridine rings is 1. The van der Waals surface area contributed by atoms with E-state index < -0.39 is 11.5 Å². The molecule has 0 bridgehead atoms. The van der Waals surface area contributed by atoms with Gasteiger partial charge in [0.15, 0.2) is 0 Å². The van der Waals surface area contributed by atoms with Crippen molar-refractivity contribution in [2.75, 3.05) is 0 Å². The SMILES string of the molecule is O=C(O)C1(NCc2ccccn2)CCCC1. The molecule has 0 unspecified atom stereocenters. The summed E-state index contributed by atoms with van der Waals surface area (Å²) in [6.07, 6.45) is 5.13. The molecule has 86 valence electrons. The van der Waals surface area contributed by atoms with Gasteiger partial charge in [-0.1, -0.05) is 18.9 Å². The van der Waals surface area contributed by atoms with Crippen LogP contribution in [0.1, 0.15) is 31.4 Å². The fraction of sp³-hybridized carbons (Fsp3) is 0.500. The Balaban J connectivity index is 2.00. The zero-order valence-electron chi connectivity index (χ0n) is 9.15. The third kappa shape index (κ3) is 2.22. The second-order valence-corrected chi connectivity index (χ2v) is 4.27. The maximum atomic E-state index is 11.3. The van der Waals surface area contributed by atoms with E-state index in [1.54, 1.807) is 6.20 Å². The summed E-state index contributed by atoms with van der Waals surface area (Å²) in [6, 6.07) is 5.66. The summed E-state index contributed by atoms with van der Waals surface area (Å²) in [6.45, 7) is 0.521. The van der Waals surface area contributed by atoms with Crippen molar-refractivity contribution >= 4 is 5.97 Å². The van der Waals surface area contributed by atoms with Crippen molar-refractivity contribution in [2.45, 2.75) is 37.8 Å². The average Bonchev–Trinajstić information content (AvgIpc) is 2.78. The Morgan fingerprint density at radius 2 is 2.19 bits per heavy atom. The van der Waals surface area contributed by atoms with E-state index in [2.05, 4.69) is 10.3 Å². The summed E-state index contributed by atoms with van der Waals surface area (Å²) < 4.78 is 0. The van der Waals surface area contributed by atoms with Crippen LogP contribution in [0.4, 0.5) is 0 Å². The molecule has 0 saturated heterocycles. The molecule has 16 heavy (non-hydrogen) atoms.